The number of nitrogens with two attached hydrogens (primary N) is 3. The van der Waals surface area contributed by atoms with Crippen molar-refractivity contribution in [3.63, 3.8) is 0 Å². The Balaban J connectivity index is 0.00000174. The van der Waals surface area contributed by atoms with E-state index in [1.165, 1.54) is 13.0 Å². The smallest absolute Gasteiger partial charge is 0.126 e. The van der Waals surface area contributed by atoms with Crippen molar-refractivity contribution in [1.82, 2.24) is 4.90 Å². The third-order valence-corrected chi connectivity index (χ3v) is 5.57. The van der Waals surface area contributed by atoms with Crippen molar-refractivity contribution in [2.75, 3.05) is 32.8 Å². The number of nitrogens with zero attached hydrogens (tertiary/aromatic N) is 2. The number of aliphatic hydroxyl groups is 1. The molecule has 2 rings (SSSR count). The minimum absolute atomic E-state index is 0.00587. The highest BCUT2D eigenvalue weighted by molar-refractivity contribution is 6.31. The number of ether oxygens (including phenoxy) is 1. The van der Waals surface area contributed by atoms with Crippen LogP contribution in [0.15, 0.2) is 48.2 Å². The second kappa shape index (κ2) is 20.1. The van der Waals surface area contributed by atoms with Gasteiger partial charge in [0.15, 0.2) is 0 Å². The first kappa shape index (κ1) is 32.8. The Morgan fingerprint density at radius 2 is 2.00 bits per heavy atom. The van der Waals surface area contributed by atoms with Gasteiger partial charge in [-0.25, -0.2) is 0 Å². The van der Waals surface area contributed by atoms with Crippen LogP contribution in [0.5, 0.6) is 0 Å². The van der Waals surface area contributed by atoms with Crippen LogP contribution < -0.4 is 17.2 Å². The molecule has 0 saturated heterocycles. The fourth-order valence-corrected chi connectivity index (χ4v) is 3.77. The van der Waals surface area contributed by atoms with Crippen molar-refractivity contribution >= 4 is 17.7 Å². The van der Waals surface area contributed by atoms with Gasteiger partial charge in [0.25, 0.3) is 0 Å². The molecule has 0 amide bonds. The first-order valence-electron chi connectivity index (χ1n) is 12.1. The maximum Gasteiger partial charge on any atom is 0.126 e. The molecule has 0 fully saturated rings. The van der Waals surface area contributed by atoms with Crippen LogP contribution in [0.4, 0.5) is 0 Å². The molecule has 0 radical (unpaired) electrons. The molecule has 2 atom stereocenters. The molecule has 0 spiro atoms. The van der Waals surface area contributed by atoms with E-state index in [-0.39, 0.29) is 6.10 Å². The van der Waals surface area contributed by atoms with Gasteiger partial charge in [-0.05, 0) is 48.2 Å². The minimum atomic E-state index is -0.701. The maximum absolute atomic E-state index is 10.0. The van der Waals surface area contributed by atoms with Crippen molar-refractivity contribution < 1.29 is 9.84 Å². The van der Waals surface area contributed by atoms with E-state index in [4.69, 9.17) is 38.8 Å². The summed E-state index contributed by atoms with van der Waals surface area (Å²) < 4.78 is 6.11. The number of rotatable bonds is 11. The normalized spacial score (nSPS) is 16.1. The summed E-state index contributed by atoms with van der Waals surface area (Å²) in [5.41, 5.74) is 21.1. The van der Waals surface area contributed by atoms with Crippen LogP contribution in [0.2, 0.25) is 5.02 Å². The van der Waals surface area contributed by atoms with E-state index in [1.54, 1.807) is 6.07 Å². The predicted octanol–water partition coefficient (Wildman–Crippen LogP) is 3.96. The Bertz CT molecular complexity index is 835. The molecule has 7 nitrogen and oxygen atoms in total. The average molecular weight is 506 g/mol. The highest BCUT2D eigenvalue weighted by atomic mass is 35.5. The van der Waals surface area contributed by atoms with E-state index >= 15 is 0 Å². The van der Waals surface area contributed by atoms with Crippen LogP contribution in [0, 0.1) is 11.3 Å². The molecule has 0 bridgehead atoms. The minimum Gasteiger partial charge on any atom is -0.402 e. The van der Waals surface area contributed by atoms with Gasteiger partial charge in [0.05, 0.1) is 18.8 Å². The van der Waals surface area contributed by atoms with Crippen LogP contribution in [0.1, 0.15) is 51.2 Å². The van der Waals surface area contributed by atoms with Crippen molar-refractivity contribution in [3.8, 4) is 6.07 Å². The molecule has 7 N–H and O–H groups in total. The second-order valence-electron chi connectivity index (χ2n) is 7.94. The number of aliphatic hydroxyl groups excluding tert-OH is 1. The number of benzene rings is 1. The molecule has 196 valence electrons. The summed E-state index contributed by atoms with van der Waals surface area (Å²) in [5.74, 6) is 0. The standard InChI is InChI=1S/C23H34ClN3O2.C2H7N.C2H3N/c1-3-5-7-17-8-6-9-21(24)20(17)14-19-15-22(26)18(16-29-19)10-12-27(13-11-25)23(28)4-2;2*1-2-3/h4-9,19,23,28H,2-3,10-16,25-26H2,1H3;2-3H2,1H3;1H3/b7-5-;;. The molecule has 2 unspecified atom stereocenters. The molecule has 0 aliphatic carbocycles. The molecule has 8 heteroatoms. The SMILES string of the molecule is C=CC(O)N(CCN)CCC1=C(N)CC(Cc2c(Cl)cccc2/C=C\CC)OC1.CC#N.CCN. The molecule has 1 aromatic rings. The fraction of sp³-hybridized carbons (Fsp3) is 0.519. The number of halogens is 1. The number of nitriles is 1. The first-order valence-corrected chi connectivity index (χ1v) is 12.5. The second-order valence-corrected chi connectivity index (χ2v) is 8.35. The fourth-order valence-electron chi connectivity index (χ4n) is 3.51. The van der Waals surface area contributed by atoms with Crippen molar-refractivity contribution in [2.24, 2.45) is 17.2 Å². The van der Waals surface area contributed by atoms with Gasteiger partial charge in [-0.1, -0.05) is 56.3 Å². The predicted molar refractivity (Wildman–Crippen MR) is 148 cm³/mol. The molecular weight excluding hydrogens is 462 g/mol. The zero-order valence-corrected chi connectivity index (χ0v) is 22.3. The van der Waals surface area contributed by atoms with E-state index in [9.17, 15) is 5.11 Å². The van der Waals surface area contributed by atoms with Gasteiger partial charge < -0.3 is 27.0 Å². The van der Waals surface area contributed by atoms with Crippen LogP contribution >= 0.6 is 11.6 Å². The summed E-state index contributed by atoms with van der Waals surface area (Å²) in [6, 6.07) is 7.72. The summed E-state index contributed by atoms with van der Waals surface area (Å²) in [4.78, 5) is 1.88. The topological polar surface area (TPSA) is 135 Å². The molecule has 35 heavy (non-hydrogen) atoms. The van der Waals surface area contributed by atoms with Gasteiger partial charge in [-0.2, -0.15) is 5.26 Å². The lowest BCUT2D eigenvalue weighted by atomic mass is 9.95. The molecule has 1 heterocycles. The molecular formula is C27H44ClN5O2. The number of allylic oxidation sites excluding steroid dienone is 1. The Morgan fingerprint density at radius 3 is 2.54 bits per heavy atom. The zero-order chi connectivity index (χ0) is 26.6. The Morgan fingerprint density at radius 1 is 1.34 bits per heavy atom. The van der Waals surface area contributed by atoms with Crippen molar-refractivity contribution in [3.05, 3.63) is 64.3 Å². The largest absolute Gasteiger partial charge is 0.402 e. The highest BCUT2D eigenvalue weighted by Gasteiger charge is 2.23. The van der Waals surface area contributed by atoms with Gasteiger partial charge >= 0.3 is 0 Å². The molecule has 1 aliphatic heterocycles. The van der Waals surface area contributed by atoms with Crippen molar-refractivity contribution in [1.29, 1.82) is 5.26 Å². The first-order chi connectivity index (χ1) is 16.8. The van der Waals surface area contributed by atoms with Gasteiger partial charge in [0.1, 0.15) is 6.23 Å². The summed E-state index contributed by atoms with van der Waals surface area (Å²) in [6.45, 7) is 12.1. The zero-order valence-electron chi connectivity index (χ0n) is 21.5. The van der Waals surface area contributed by atoms with E-state index < -0.39 is 6.23 Å². The van der Waals surface area contributed by atoms with Gasteiger partial charge in [0.2, 0.25) is 0 Å². The monoisotopic (exact) mass is 505 g/mol. The number of hydrogen-bond acceptors (Lipinski definition) is 7. The van der Waals surface area contributed by atoms with E-state index in [2.05, 4.69) is 31.7 Å². The average Bonchev–Trinajstić information content (AvgIpc) is 2.83. The highest BCUT2D eigenvalue weighted by Crippen LogP contribution is 2.28. The van der Waals surface area contributed by atoms with E-state index in [1.807, 2.05) is 24.0 Å². The van der Waals surface area contributed by atoms with Crippen LogP contribution in [0.3, 0.4) is 0 Å². The maximum atomic E-state index is 10.0. The third kappa shape index (κ3) is 12.9. The Hall–Kier alpha value is -2.18. The third-order valence-electron chi connectivity index (χ3n) is 5.22. The van der Waals surface area contributed by atoms with Gasteiger partial charge in [-0.15, -0.1) is 0 Å². The summed E-state index contributed by atoms with van der Waals surface area (Å²) in [5, 5.41) is 18.1. The van der Waals surface area contributed by atoms with Gasteiger partial charge in [-0.3, -0.25) is 4.90 Å². The summed E-state index contributed by atoms with van der Waals surface area (Å²) in [7, 11) is 0. The lowest BCUT2D eigenvalue weighted by Crippen LogP contribution is -2.39. The van der Waals surface area contributed by atoms with Gasteiger partial charge in [0, 0.05) is 50.1 Å². The molecule has 0 saturated carbocycles. The van der Waals surface area contributed by atoms with Crippen LogP contribution in [-0.4, -0.2) is 55.1 Å². The quantitative estimate of drug-likeness (QED) is 0.264. The summed E-state index contributed by atoms with van der Waals surface area (Å²) in [6.07, 6.45) is 8.18. The molecule has 1 aliphatic rings. The summed E-state index contributed by atoms with van der Waals surface area (Å²) >= 11 is 6.47. The van der Waals surface area contributed by atoms with E-state index in [0.29, 0.717) is 32.7 Å². The lowest BCUT2D eigenvalue weighted by molar-refractivity contribution is 0.0374. The molecule has 1 aromatic carbocycles. The van der Waals surface area contributed by atoms with Crippen LogP contribution in [0.25, 0.3) is 6.08 Å². The Kier molecular flexibility index (Phi) is 18.8. The number of hydrogen-bond donors (Lipinski definition) is 4. The lowest BCUT2D eigenvalue weighted by Gasteiger charge is -2.29. The van der Waals surface area contributed by atoms with Crippen LogP contribution in [-0.2, 0) is 11.2 Å². The molecule has 0 aromatic heterocycles. The van der Waals surface area contributed by atoms with Crippen molar-refractivity contribution in [2.45, 2.75) is 58.8 Å². The Labute approximate surface area is 216 Å². The van der Waals surface area contributed by atoms with E-state index in [0.717, 1.165) is 53.2 Å².